The minimum absolute atomic E-state index is 0.0474. The highest BCUT2D eigenvalue weighted by atomic mass is 16.7. The lowest BCUT2D eigenvalue weighted by atomic mass is 9.82. The molecular formula is C37H44O13. The number of aliphatic hydroxyl groups is 3. The van der Waals surface area contributed by atoms with E-state index in [4.69, 9.17) is 33.2 Å². The van der Waals surface area contributed by atoms with Gasteiger partial charge in [-0.3, -0.25) is 0 Å². The summed E-state index contributed by atoms with van der Waals surface area (Å²) in [5, 5.41) is 51.6. The summed E-state index contributed by atoms with van der Waals surface area (Å²) in [4.78, 5) is 12.4. The van der Waals surface area contributed by atoms with Gasteiger partial charge in [0.25, 0.3) is 0 Å². The van der Waals surface area contributed by atoms with E-state index in [1.165, 1.54) is 39.5 Å². The smallest absolute Gasteiger partial charge is 0.330 e. The Morgan fingerprint density at radius 2 is 1.54 bits per heavy atom. The number of aromatic hydroxyl groups is 2. The first-order valence-corrected chi connectivity index (χ1v) is 16.3. The summed E-state index contributed by atoms with van der Waals surface area (Å²) in [5.41, 5.74) is 2.47. The zero-order valence-electron chi connectivity index (χ0n) is 28.3. The first kappa shape index (κ1) is 36.7. The average molecular weight is 697 g/mol. The van der Waals surface area contributed by atoms with Crippen LogP contribution in [0.4, 0.5) is 0 Å². The average Bonchev–Trinajstić information content (AvgIpc) is 3.53. The molecule has 13 nitrogen and oxygen atoms in total. The molecule has 2 fully saturated rings. The van der Waals surface area contributed by atoms with Gasteiger partial charge in [-0.05, 0) is 77.4 Å². The molecule has 2 saturated heterocycles. The maximum absolute atomic E-state index is 12.4. The van der Waals surface area contributed by atoms with Gasteiger partial charge in [-0.1, -0.05) is 31.5 Å². The molecule has 0 saturated carbocycles. The molecule has 0 amide bonds. The quantitative estimate of drug-likeness (QED) is 0.129. The Kier molecular flexibility index (Phi) is 12.1. The number of esters is 1. The minimum Gasteiger partial charge on any atom is -0.504 e. The number of ether oxygens (including phenoxy) is 7. The molecule has 0 radical (unpaired) electrons. The molecule has 13 heteroatoms. The number of aliphatic hydroxyl groups excluding tert-OH is 3. The SMILES string of the molecule is CCC1C(Cc2ccc(OC3OC(COC(=O)C=Cc4ccc(O)c(OC)c4)C(O)C(O)C3O)c(OC)c2)COC1c1ccc(O)c(OC)c1. The van der Waals surface area contributed by atoms with Crippen LogP contribution >= 0.6 is 0 Å². The lowest BCUT2D eigenvalue weighted by Crippen LogP contribution is -2.60. The van der Waals surface area contributed by atoms with Gasteiger partial charge >= 0.3 is 5.97 Å². The number of hydrogen-bond donors (Lipinski definition) is 5. The Bertz CT molecular complexity index is 1640. The highest BCUT2D eigenvalue weighted by Gasteiger charge is 2.46. The molecule has 0 spiro atoms. The third-order valence-corrected chi connectivity index (χ3v) is 9.13. The summed E-state index contributed by atoms with van der Waals surface area (Å²) >= 11 is 0. The number of carbonyl (C=O) groups excluding carboxylic acids is 1. The second-order valence-electron chi connectivity index (χ2n) is 12.2. The highest BCUT2D eigenvalue weighted by Crippen LogP contribution is 2.44. The van der Waals surface area contributed by atoms with Gasteiger partial charge in [-0.2, -0.15) is 0 Å². The van der Waals surface area contributed by atoms with Gasteiger partial charge in [0.2, 0.25) is 6.29 Å². The number of hydrogen-bond acceptors (Lipinski definition) is 13. The number of rotatable bonds is 13. The van der Waals surface area contributed by atoms with E-state index >= 15 is 0 Å². The summed E-state index contributed by atoms with van der Waals surface area (Å²) in [7, 11) is 4.40. The lowest BCUT2D eigenvalue weighted by molar-refractivity contribution is -0.278. The minimum atomic E-state index is -1.66. The van der Waals surface area contributed by atoms with Crippen LogP contribution < -0.4 is 18.9 Å². The van der Waals surface area contributed by atoms with Crippen LogP contribution in [-0.2, 0) is 25.4 Å². The predicted molar refractivity (Wildman–Crippen MR) is 179 cm³/mol. The number of phenolic OH excluding ortho intramolecular Hbond substituents is 2. The molecule has 3 aromatic carbocycles. The second-order valence-corrected chi connectivity index (χ2v) is 12.2. The van der Waals surface area contributed by atoms with E-state index in [1.54, 1.807) is 24.3 Å². The van der Waals surface area contributed by atoms with Crippen molar-refractivity contribution < 1.29 is 63.5 Å². The fraction of sp³-hybridized carbons (Fsp3) is 0.432. The lowest BCUT2D eigenvalue weighted by Gasteiger charge is -2.40. The van der Waals surface area contributed by atoms with Crippen LogP contribution in [0, 0.1) is 11.8 Å². The molecule has 8 unspecified atom stereocenters. The van der Waals surface area contributed by atoms with Gasteiger partial charge in [0.1, 0.15) is 31.0 Å². The van der Waals surface area contributed by atoms with E-state index in [9.17, 15) is 30.3 Å². The van der Waals surface area contributed by atoms with Crippen molar-refractivity contribution >= 4 is 12.0 Å². The predicted octanol–water partition coefficient (Wildman–Crippen LogP) is 3.52. The van der Waals surface area contributed by atoms with Gasteiger partial charge in [0.05, 0.1) is 34.0 Å². The Morgan fingerprint density at radius 1 is 0.840 bits per heavy atom. The van der Waals surface area contributed by atoms with Crippen LogP contribution in [0.1, 0.15) is 36.1 Å². The number of benzene rings is 3. The van der Waals surface area contributed by atoms with Crippen LogP contribution in [0.15, 0.2) is 60.7 Å². The van der Waals surface area contributed by atoms with Crippen LogP contribution in [0.5, 0.6) is 34.5 Å². The van der Waals surface area contributed by atoms with E-state index in [2.05, 4.69) is 6.92 Å². The molecule has 3 aromatic rings. The van der Waals surface area contributed by atoms with Gasteiger partial charge < -0.3 is 58.7 Å². The van der Waals surface area contributed by atoms with Crippen molar-refractivity contribution in [1.82, 2.24) is 0 Å². The molecule has 8 atom stereocenters. The fourth-order valence-corrected chi connectivity index (χ4v) is 6.38. The van der Waals surface area contributed by atoms with E-state index in [1.807, 2.05) is 18.2 Å². The summed E-state index contributed by atoms with van der Waals surface area (Å²) < 4.78 is 39.1. The van der Waals surface area contributed by atoms with Crippen LogP contribution in [-0.4, -0.2) is 96.8 Å². The Hall–Kier alpha value is -4.53. The maximum atomic E-state index is 12.4. The van der Waals surface area contributed by atoms with Gasteiger partial charge in [0.15, 0.2) is 34.5 Å². The summed E-state index contributed by atoms with van der Waals surface area (Å²) in [6, 6.07) is 15.2. The molecule has 5 N–H and O–H groups in total. The van der Waals surface area contributed by atoms with Crippen molar-refractivity contribution in [3.63, 3.8) is 0 Å². The zero-order chi connectivity index (χ0) is 35.9. The van der Waals surface area contributed by atoms with Gasteiger partial charge in [-0.25, -0.2) is 4.79 Å². The third kappa shape index (κ3) is 8.25. The van der Waals surface area contributed by atoms with Crippen molar-refractivity contribution in [2.24, 2.45) is 11.8 Å². The third-order valence-electron chi connectivity index (χ3n) is 9.13. The van der Waals surface area contributed by atoms with Gasteiger partial charge in [0, 0.05) is 6.08 Å². The molecule has 270 valence electrons. The molecule has 0 aromatic heterocycles. The largest absolute Gasteiger partial charge is 0.504 e. The van der Waals surface area contributed by atoms with E-state index in [-0.39, 0.29) is 40.9 Å². The first-order chi connectivity index (χ1) is 24.1. The van der Waals surface area contributed by atoms with Crippen molar-refractivity contribution in [3.05, 3.63) is 77.4 Å². The zero-order valence-corrected chi connectivity index (χ0v) is 28.3. The van der Waals surface area contributed by atoms with Crippen LogP contribution in [0.2, 0.25) is 0 Å². The number of phenols is 2. The topological polar surface area (TPSA) is 183 Å². The van der Waals surface area contributed by atoms with E-state index in [0.717, 1.165) is 23.6 Å². The van der Waals surface area contributed by atoms with Gasteiger partial charge in [-0.15, -0.1) is 0 Å². The first-order valence-electron chi connectivity index (χ1n) is 16.3. The number of methoxy groups -OCH3 is 3. The van der Waals surface area contributed by atoms with E-state index < -0.39 is 43.3 Å². The molecule has 5 rings (SSSR count). The molecule has 2 aliphatic rings. The summed E-state index contributed by atoms with van der Waals surface area (Å²) in [6.45, 7) is 2.22. The van der Waals surface area contributed by atoms with Crippen molar-refractivity contribution in [2.75, 3.05) is 34.5 Å². The molecule has 2 heterocycles. The van der Waals surface area contributed by atoms with Crippen molar-refractivity contribution in [2.45, 2.75) is 56.6 Å². The number of carbonyl (C=O) groups is 1. The molecule has 0 aliphatic carbocycles. The summed E-state index contributed by atoms with van der Waals surface area (Å²) in [6.07, 6.45) is -3.47. The molecule has 50 heavy (non-hydrogen) atoms. The monoisotopic (exact) mass is 696 g/mol. The Labute approximate surface area is 290 Å². The van der Waals surface area contributed by atoms with E-state index in [0.29, 0.717) is 30.1 Å². The normalized spacial score (nSPS) is 26.5. The Morgan fingerprint density at radius 3 is 2.24 bits per heavy atom. The van der Waals surface area contributed by atoms with Crippen LogP contribution in [0.25, 0.3) is 6.08 Å². The standard InChI is InChI=1S/C37H44O13/c1-5-24-23(18-48-36(24)22-9-11-26(39)29(17-22)45-3)14-21-7-12-27(30(16-21)46-4)49-37-35(43)34(42)33(41)31(50-37)19-47-32(40)13-8-20-6-10-25(38)28(15-20)44-2/h6-13,15-17,23-24,31,33-39,41-43H,5,14,18-19H2,1-4H3. The maximum Gasteiger partial charge on any atom is 0.330 e. The molecule has 0 bridgehead atoms. The second kappa shape index (κ2) is 16.5. The molecular weight excluding hydrogens is 652 g/mol. The fourth-order valence-electron chi connectivity index (χ4n) is 6.38. The van der Waals surface area contributed by atoms with Crippen molar-refractivity contribution in [3.8, 4) is 34.5 Å². The Balaban J connectivity index is 1.21. The highest BCUT2D eigenvalue weighted by molar-refractivity contribution is 5.87. The van der Waals surface area contributed by atoms with Crippen LogP contribution in [0.3, 0.4) is 0 Å². The molecule has 2 aliphatic heterocycles. The van der Waals surface area contributed by atoms with Crippen molar-refractivity contribution in [1.29, 1.82) is 0 Å². The summed E-state index contributed by atoms with van der Waals surface area (Å²) in [5.74, 6) is 0.906.